The molecule has 168 valence electrons. The number of amides is 1. The van der Waals surface area contributed by atoms with Crippen molar-refractivity contribution >= 4 is 17.8 Å². The molecule has 8 heteroatoms. The van der Waals surface area contributed by atoms with E-state index in [0.717, 1.165) is 12.8 Å². The Morgan fingerprint density at radius 3 is 1.90 bits per heavy atom. The molecule has 1 amide bonds. The Labute approximate surface area is 174 Å². The molecule has 2 atom stereocenters. The molecule has 29 heavy (non-hydrogen) atoms. The van der Waals surface area contributed by atoms with Gasteiger partial charge in [-0.25, -0.2) is 0 Å². The van der Waals surface area contributed by atoms with Crippen molar-refractivity contribution in [2.45, 2.75) is 52.9 Å². The van der Waals surface area contributed by atoms with Crippen LogP contribution in [-0.4, -0.2) is 77.0 Å². The van der Waals surface area contributed by atoms with Gasteiger partial charge in [-0.1, -0.05) is 39.3 Å². The molecule has 8 nitrogen and oxygen atoms in total. The second kappa shape index (κ2) is 15.0. The Morgan fingerprint density at radius 1 is 0.931 bits per heavy atom. The minimum absolute atomic E-state index is 0.130. The van der Waals surface area contributed by atoms with E-state index in [0.29, 0.717) is 25.9 Å². The molecule has 2 unspecified atom stereocenters. The summed E-state index contributed by atoms with van der Waals surface area (Å²) in [5, 5.41) is 31.4. The Balaban J connectivity index is 5.27. The molecule has 4 N–H and O–H groups in total. The van der Waals surface area contributed by atoms with Crippen molar-refractivity contribution in [1.29, 1.82) is 0 Å². The van der Waals surface area contributed by atoms with Crippen molar-refractivity contribution < 1.29 is 34.2 Å². The van der Waals surface area contributed by atoms with Gasteiger partial charge in [0.1, 0.15) is 18.4 Å². The summed E-state index contributed by atoms with van der Waals surface area (Å²) in [6.45, 7) is 6.82. The van der Waals surface area contributed by atoms with E-state index in [9.17, 15) is 29.7 Å². The summed E-state index contributed by atoms with van der Waals surface area (Å²) in [7, 11) is 0. The number of carbonyl (C=O) groups excluding carboxylic acids is 1. The van der Waals surface area contributed by atoms with Gasteiger partial charge in [0.05, 0.1) is 32.8 Å². The average Bonchev–Trinajstić information content (AvgIpc) is 2.67. The monoisotopic (exact) mass is 415 g/mol. The highest BCUT2D eigenvalue weighted by Crippen LogP contribution is 2.19. The third-order valence-electron chi connectivity index (χ3n) is 5.31. The fraction of sp³-hybridized carbons (Fsp3) is 0.762. The molecule has 0 aliphatic carbocycles. The van der Waals surface area contributed by atoms with Gasteiger partial charge in [0, 0.05) is 6.42 Å². The lowest BCUT2D eigenvalue weighted by Crippen LogP contribution is -2.59. The van der Waals surface area contributed by atoms with Gasteiger partial charge >= 0.3 is 11.9 Å². The van der Waals surface area contributed by atoms with Gasteiger partial charge in [-0.2, -0.15) is 0 Å². The first-order chi connectivity index (χ1) is 13.7. The SMILES string of the molecule is CCC/C=C/CC(=O)NCC[N+](CCO)(CC(CC)C(=O)O)CC(CC)C(=O)O. The largest absolute Gasteiger partial charge is 0.481 e. The van der Waals surface area contributed by atoms with Crippen LogP contribution in [0.5, 0.6) is 0 Å². The zero-order valence-electron chi connectivity index (χ0n) is 18.1. The summed E-state index contributed by atoms with van der Waals surface area (Å²) in [6, 6.07) is 0. The second-order valence-electron chi connectivity index (χ2n) is 7.58. The topological polar surface area (TPSA) is 124 Å². The van der Waals surface area contributed by atoms with E-state index in [4.69, 9.17) is 0 Å². The van der Waals surface area contributed by atoms with Crippen molar-refractivity contribution in [2.24, 2.45) is 11.8 Å². The van der Waals surface area contributed by atoms with Gasteiger partial charge in [0.25, 0.3) is 0 Å². The Hall–Kier alpha value is -1.93. The minimum Gasteiger partial charge on any atom is -0.481 e. The number of aliphatic carboxylic acids is 2. The molecule has 0 bridgehead atoms. The number of aliphatic hydroxyl groups excluding tert-OH is 1. The molecule has 0 rings (SSSR count). The standard InChI is InChI=1S/C21H38N2O6/c1-4-7-8-9-10-19(25)22-11-12-23(13-14-24,15-17(5-2)20(26)27)16-18(6-3)21(28)29/h8-9,17-18,24H,4-7,10-16H2,1-3H3,(H2-,22,25,26,27,28,29)/p+1/b9-8+. The van der Waals surface area contributed by atoms with Crippen LogP contribution in [0.4, 0.5) is 0 Å². The third kappa shape index (κ3) is 11.0. The number of nitrogens with one attached hydrogen (secondary N) is 1. The van der Waals surface area contributed by atoms with Crippen molar-refractivity contribution in [1.82, 2.24) is 5.32 Å². The Bertz CT molecular complexity index is 511. The number of nitrogens with zero attached hydrogens (tertiary/aromatic N) is 1. The third-order valence-corrected chi connectivity index (χ3v) is 5.31. The maximum atomic E-state index is 12.0. The van der Waals surface area contributed by atoms with Gasteiger partial charge in [-0.3, -0.25) is 14.4 Å². The average molecular weight is 416 g/mol. The lowest BCUT2D eigenvalue weighted by Gasteiger charge is -2.41. The number of carboxylic acid groups (broad SMARTS) is 2. The van der Waals surface area contributed by atoms with Crippen LogP contribution in [-0.2, 0) is 14.4 Å². The van der Waals surface area contributed by atoms with E-state index in [1.54, 1.807) is 13.8 Å². The molecular weight excluding hydrogens is 376 g/mol. The maximum Gasteiger partial charge on any atom is 0.312 e. The number of hydrogen-bond acceptors (Lipinski definition) is 4. The van der Waals surface area contributed by atoms with Gasteiger partial charge in [-0.05, 0) is 19.3 Å². The number of carboxylic acids is 2. The van der Waals surface area contributed by atoms with Crippen LogP contribution in [0.25, 0.3) is 0 Å². The zero-order valence-corrected chi connectivity index (χ0v) is 18.1. The maximum absolute atomic E-state index is 12.0. The summed E-state index contributed by atoms with van der Waals surface area (Å²) in [5.74, 6) is -3.26. The van der Waals surface area contributed by atoms with Gasteiger partial charge < -0.3 is 25.1 Å². The highest BCUT2D eigenvalue weighted by Gasteiger charge is 2.37. The summed E-state index contributed by atoms with van der Waals surface area (Å²) >= 11 is 0. The van der Waals surface area contributed by atoms with Gasteiger partial charge in [-0.15, -0.1) is 0 Å². The summed E-state index contributed by atoms with van der Waals surface area (Å²) in [6.07, 6.45) is 6.83. The van der Waals surface area contributed by atoms with Crippen LogP contribution in [0.3, 0.4) is 0 Å². The van der Waals surface area contributed by atoms with E-state index in [-0.39, 0.29) is 43.1 Å². The van der Waals surface area contributed by atoms with E-state index in [1.807, 2.05) is 12.2 Å². The molecule has 0 fully saturated rings. The van der Waals surface area contributed by atoms with Crippen LogP contribution < -0.4 is 5.32 Å². The number of hydrogen-bond donors (Lipinski definition) is 4. The van der Waals surface area contributed by atoms with E-state index in [1.165, 1.54) is 0 Å². The van der Waals surface area contributed by atoms with Crippen LogP contribution in [0.15, 0.2) is 12.2 Å². The van der Waals surface area contributed by atoms with Crippen molar-refractivity contribution in [2.75, 3.05) is 39.3 Å². The Morgan fingerprint density at radius 2 is 1.48 bits per heavy atom. The predicted octanol–water partition coefficient (Wildman–Crippen LogP) is 1.88. The lowest BCUT2D eigenvalue weighted by atomic mass is 10.00. The smallest absolute Gasteiger partial charge is 0.312 e. The normalized spacial score (nSPS) is 15.6. The van der Waals surface area contributed by atoms with Gasteiger partial charge in [0.2, 0.25) is 5.91 Å². The predicted molar refractivity (Wildman–Crippen MR) is 111 cm³/mol. The molecule has 0 aromatic carbocycles. The second-order valence-corrected chi connectivity index (χ2v) is 7.58. The first-order valence-corrected chi connectivity index (χ1v) is 10.6. The van der Waals surface area contributed by atoms with Crippen molar-refractivity contribution in [3.63, 3.8) is 0 Å². The number of carbonyl (C=O) groups is 3. The van der Waals surface area contributed by atoms with E-state index < -0.39 is 23.8 Å². The zero-order chi connectivity index (χ0) is 22.3. The molecule has 0 spiro atoms. The quantitative estimate of drug-likeness (QED) is 0.212. The first kappa shape index (κ1) is 27.1. The molecule has 0 saturated carbocycles. The number of rotatable bonds is 17. The molecule has 0 saturated heterocycles. The van der Waals surface area contributed by atoms with Crippen LogP contribution in [0.2, 0.25) is 0 Å². The van der Waals surface area contributed by atoms with E-state index in [2.05, 4.69) is 12.2 Å². The van der Waals surface area contributed by atoms with Crippen molar-refractivity contribution in [3.8, 4) is 0 Å². The minimum atomic E-state index is -0.929. The molecule has 0 radical (unpaired) electrons. The Kier molecular flexibility index (Phi) is 14.0. The van der Waals surface area contributed by atoms with Crippen LogP contribution in [0, 0.1) is 11.8 Å². The van der Waals surface area contributed by atoms with Crippen LogP contribution in [0.1, 0.15) is 52.9 Å². The van der Waals surface area contributed by atoms with E-state index >= 15 is 0 Å². The highest BCUT2D eigenvalue weighted by atomic mass is 16.4. The molecule has 0 heterocycles. The van der Waals surface area contributed by atoms with Gasteiger partial charge in [0.15, 0.2) is 0 Å². The molecule has 0 aliphatic heterocycles. The summed E-state index contributed by atoms with van der Waals surface area (Å²) in [5.41, 5.74) is 0. The summed E-state index contributed by atoms with van der Waals surface area (Å²) < 4.78 is 0.151. The van der Waals surface area contributed by atoms with Crippen LogP contribution >= 0.6 is 0 Å². The molecular formula is C21H39N2O6+. The first-order valence-electron chi connectivity index (χ1n) is 10.6. The number of unbranched alkanes of at least 4 members (excludes halogenated alkanes) is 1. The molecule has 0 aromatic heterocycles. The molecule has 0 aromatic rings. The fourth-order valence-corrected chi connectivity index (χ4v) is 3.44. The number of quaternary nitrogens is 1. The van der Waals surface area contributed by atoms with Crippen molar-refractivity contribution in [3.05, 3.63) is 12.2 Å². The highest BCUT2D eigenvalue weighted by molar-refractivity contribution is 5.77. The number of aliphatic hydroxyl groups is 1. The summed E-state index contributed by atoms with van der Waals surface area (Å²) in [4.78, 5) is 35.2. The molecule has 0 aliphatic rings. The fourth-order valence-electron chi connectivity index (χ4n) is 3.44. The number of allylic oxidation sites excluding steroid dienone is 1. The lowest BCUT2D eigenvalue weighted by molar-refractivity contribution is -0.931.